The zero-order valence-corrected chi connectivity index (χ0v) is 30.8. The van der Waals surface area contributed by atoms with Crippen LogP contribution in [-0.2, 0) is 0 Å². The molecule has 0 fully saturated rings. The third-order valence-corrected chi connectivity index (χ3v) is 11.4. The van der Waals surface area contributed by atoms with E-state index in [1.165, 1.54) is 48.8 Å². The van der Waals surface area contributed by atoms with Gasteiger partial charge in [0, 0.05) is 45.2 Å². The van der Waals surface area contributed by atoms with E-state index in [2.05, 4.69) is 158 Å². The van der Waals surface area contributed by atoms with E-state index >= 15 is 0 Å². The molecule has 0 bridgehead atoms. The Labute approximate surface area is 323 Å². The van der Waals surface area contributed by atoms with E-state index in [9.17, 15) is 0 Å². The van der Waals surface area contributed by atoms with Crippen LogP contribution < -0.4 is 0 Å². The molecule has 0 aliphatic carbocycles. The summed E-state index contributed by atoms with van der Waals surface area (Å²) in [5, 5.41) is 11.8. The van der Waals surface area contributed by atoms with Gasteiger partial charge in [0.25, 0.3) is 0 Å². The van der Waals surface area contributed by atoms with Crippen molar-refractivity contribution in [3.05, 3.63) is 192 Å². The lowest BCUT2D eigenvalue weighted by molar-refractivity contribution is 0.669. The van der Waals surface area contributed by atoms with Gasteiger partial charge in [0.15, 0.2) is 5.84 Å². The molecule has 56 heavy (non-hydrogen) atoms. The Morgan fingerprint density at radius 1 is 0.464 bits per heavy atom. The van der Waals surface area contributed by atoms with Gasteiger partial charge in [-0.25, -0.2) is 9.98 Å². The van der Waals surface area contributed by atoms with Crippen molar-refractivity contribution in [3.63, 3.8) is 0 Å². The second kappa shape index (κ2) is 13.0. The summed E-state index contributed by atoms with van der Waals surface area (Å²) in [7, 11) is 0. The van der Waals surface area contributed by atoms with Gasteiger partial charge in [0.2, 0.25) is 0 Å². The molecule has 0 unspecified atom stereocenters. The largest absolute Gasteiger partial charge is 0.456 e. The topological polar surface area (TPSA) is 50.8 Å². The number of hydrogen-bond donors (Lipinski definition) is 0. The van der Waals surface area contributed by atoms with E-state index < -0.39 is 0 Å². The standard InChI is InChI=1S/C52H35N3O/c1-32-23-26-46(43-20-10-22-48-50(43)44-18-6-7-21-47(44)56-48)54-52(55-51(32)42-19-9-13-33-11-2-4-16-38(33)42)36-15-8-14-34(29-36)45-30-35-12-3-5-17-39(35)49-40-27-28-53-31-37(40)24-25-41(45)49/h2-22,24-25,27-31H,23,26H2,1H3/b51-32+,54-46+,55-52-. The van der Waals surface area contributed by atoms with Crippen molar-refractivity contribution in [2.45, 2.75) is 19.8 Å². The fourth-order valence-electron chi connectivity index (χ4n) is 8.73. The summed E-state index contributed by atoms with van der Waals surface area (Å²) in [5.41, 5.74) is 10.4. The zero-order chi connectivity index (χ0) is 37.2. The average molecular weight is 718 g/mol. The highest BCUT2D eigenvalue weighted by molar-refractivity contribution is 6.25. The third kappa shape index (κ3) is 5.25. The number of nitrogens with zero attached hydrogens (tertiary/aromatic N) is 3. The summed E-state index contributed by atoms with van der Waals surface area (Å²) < 4.78 is 6.35. The molecule has 0 radical (unpaired) electrons. The minimum absolute atomic E-state index is 0.690. The number of amidine groups is 1. The molecule has 0 amide bonds. The molecule has 11 rings (SSSR count). The Balaban J connectivity index is 1.16. The summed E-state index contributed by atoms with van der Waals surface area (Å²) >= 11 is 0. The zero-order valence-electron chi connectivity index (χ0n) is 30.8. The van der Waals surface area contributed by atoms with Gasteiger partial charge in [-0.3, -0.25) is 4.98 Å². The average Bonchev–Trinajstić information content (AvgIpc) is 3.64. The van der Waals surface area contributed by atoms with Crippen molar-refractivity contribution < 1.29 is 4.42 Å². The molecule has 10 aromatic rings. The number of para-hydroxylation sites is 1. The molecule has 1 aliphatic rings. The maximum Gasteiger partial charge on any atom is 0.160 e. The Morgan fingerprint density at radius 3 is 2.11 bits per heavy atom. The number of pyridine rings is 1. The van der Waals surface area contributed by atoms with E-state index in [0.717, 1.165) is 73.8 Å². The van der Waals surface area contributed by atoms with E-state index in [1.807, 2.05) is 24.5 Å². The Hall–Kier alpha value is -7.17. The van der Waals surface area contributed by atoms with Gasteiger partial charge in [-0.1, -0.05) is 127 Å². The van der Waals surface area contributed by atoms with Gasteiger partial charge < -0.3 is 4.42 Å². The number of rotatable bonds is 4. The van der Waals surface area contributed by atoms with Crippen LogP contribution >= 0.6 is 0 Å². The van der Waals surface area contributed by atoms with Crippen molar-refractivity contribution in [3.8, 4) is 11.1 Å². The normalized spacial score (nSPS) is 16.9. The highest BCUT2D eigenvalue weighted by atomic mass is 16.3. The molecule has 8 aromatic carbocycles. The lowest BCUT2D eigenvalue weighted by Crippen LogP contribution is -2.11. The summed E-state index contributed by atoms with van der Waals surface area (Å²) in [6.07, 6.45) is 5.43. The lowest BCUT2D eigenvalue weighted by atomic mass is 9.90. The first-order valence-electron chi connectivity index (χ1n) is 19.2. The summed E-state index contributed by atoms with van der Waals surface area (Å²) in [4.78, 5) is 15.6. The van der Waals surface area contributed by atoms with Crippen molar-refractivity contribution in [1.82, 2.24) is 4.98 Å². The van der Waals surface area contributed by atoms with Crippen molar-refractivity contribution in [2.24, 2.45) is 9.98 Å². The van der Waals surface area contributed by atoms with Gasteiger partial charge in [-0.15, -0.1) is 0 Å². The van der Waals surface area contributed by atoms with Gasteiger partial charge >= 0.3 is 0 Å². The fraction of sp³-hybridized carbons (Fsp3) is 0.0577. The molecule has 4 heteroatoms. The number of aliphatic imine (C=N–C) groups is 2. The van der Waals surface area contributed by atoms with Crippen LogP contribution in [0.25, 0.3) is 81.9 Å². The Bertz CT molecular complexity index is 3310. The maximum absolute atomic E-state index is 6.35. The third-order valence-electron chi connectivity index (χ3n) is 11.4. The predicted octanol–water partition coefficient (Wildman–Crippen LogP) is 13.7. The monoisotopic (exact) mass is 717 g/mol. The highest BCUT2D eigenvalue weighted by Gasteiger charge is 2.21. The van der Waals surface area contributed by atoms with Crippen LogP contribution in [-0.4, -0.2) is 16.5 Å². The summed E-state index contributed by atoms with van der Waals surface area (Å²) in [6, 6.07) is 56.0. The lowest BCUT2D eigenvalue weighted by Gasteiger charge is -2.18. The smallest absolute Gasteiger partial charge is 0.160 e. The minimum atomic E-state index is 0.690. The Kier molecular flexibility index (Phi) is 7.49. The van der Waals surface area contributed by atoms with Crippen molar-refractivity contribution in [2.75, 3.05) is 0 Å². The molecule has 0 spiro atoms. The minimum Gasteiger partial charge on any atom is -0.456 e. The molecule has 1 aliphatic heterocycles. The van der Waals surface area contributed by atoms with Crippen molar-refractivity contribution in [1.29, 1.82) is 0 Å². The molecule has 4 nitrogen and oxygen atoms in total. The summed E-state index contributed by atoms with van der Waals surface area (Å²) in [5.74, 6) is 0.690. The molecule has 2 aromatic heterocycles. The molecular weight excluding hydrogens is 683 g/mol. The molecule has 0 saturated carbocycles. The Morgan fingerprint density at radius 2 is 1.18 bits per heavy atom. The van der Waals surface area contributed by atoms with Crippen LogP contribution in [0.5, 0.6) is 0 Å². The van der Waals surface area contributed by atoms with Crippen LogP contribution in [0.3, 0.4) is 0 Å². The van der Waals surface area contributed by atoms with Gasteiger partial charge in [-0.2, -0.15) is 0 Å². The molecule has 264 valence electrons. The number of hydrogen-bond acceptors (Lipinski definition) is 4. The van der Waals surface area contributed by atoms with E-state index in [0.29, 0.717) is 5.84 Å². The first-order chi connectivity index (χ1) is 27.7. The summed E-state index contributed by atoms with van der Waals surface area (Å²) in [6.45, 7) is 2.23. The van der Waals surface area contributed by atoms with Gasteiger partial charge in [-0.05, 0) is 105 Å². The first kappa shape index (κ1) is 32.3. The number of furan rings is 1. The molecular formula is C52H35N3O. The molecule has 0 saturated heterocycles. The van der Waals surface area contributed by atoms with E-state index in [4.69, 9.17) is 14.4 Å². The quantitative estimate of drug-likeness (QED) is 0.170. The van der Waals surface area contributed by atoms with E-state index in [1.54, 1.807) is 0 Å². The highest BCUT2D eigenvalue weighted by Crippen LogP contribution is 2.40. The molecule has 3 heterocycles. The number of benzene rings is 8. The first-order valence-corrected chi connectivity index (χ1v) is 19.2. The van der Waals surface area contributed by atoms with Crippen LogP contribution in [0.2, 0.25) is 0 Å². The van der Waals surface area contributed by atoms with E-state index in [-0.39, 0.29) is 0 Å². The molecule has 0 atom stereocenters. The van der Waals surface area contributed by atoms with Crippen LogP contribution in [0, 0.1) is 0 Å². The maximum atomic E-state index is 6.35. The number of aromatic nitrogens is 1. The number of fused-ring (bicyclic) bond motifs is 9. The second-order valence-corrected chi connectivity index (χ2v) is 14.7. The van der Waals surface area contributed by atoms with Crippen molar-refractivity contribution >= 4 is 82.3 Å². The fourth-order valence-corrected chi connectivity index (χ4v) is 8.73. The van der Waals surface area contributed by atoms with Gasteiger partial charge in [0.05, 0.1) is 11.4 Å². The number of allylic oxidation sites excluding steroid dienone is 1. The van der Waals surface area contributed by atoms with Crippen LogP contribution in [0.4, 0.5) is 0 Å². The second-order valence-electron chi connectivity index (χ2n) is 14.7. The van der Waals surface area contributed by atoms with Crippen LogP contribution in [0.1, 0.15) is 36.5 Å². The SMILES string of the molecule is C\C1=C(c2cccc3ccccc23)/N=C(c2cccc(-c3cc4ccccc4c4c3ccc3cnccc34)c2)\N=C(\c2cccc3oc4ccccc4c23)CC1. The predicted molar refractivity (Wildman–Crippen MR) is 235 cm³/mol. The van der Waals surface area contributed by atoms with Crippen LogP contribution in [0.15, 0.2) is 190 Å². The van der Waals surface area contributed by atoms with Gasteiger partial charge in [0.1, 0.15) is 11.2 Å². The molecule has 0 N–H and O–H groups in total.